The van der Waals surface area contributed by atoms with E-state index in [1.54, 1.807) is 0 Å². The molecule has 0 heterocycles. The molecule has 1 aliphatic rings. The Morgan fingerprint density at radius 3 is 2.32 bits per heavy atom. The van der Waals surface area contributed by atoms with Crippen molar-refractivity contribution < 1.29 is 5.11 Å². The molecule has 3 rings (SSSR count). The monoisotopic (exact) mass is 424 g/mol. The molecular formula is C23H34Cl2N2O. The molecule has 2 aromatic carbocycles. The van der Waals surface area contributed by atoms with Crippen LogP contribution in [0.1, 0.15) is 63.4 Å². The molecule has 1 saturated carbocycles. The molecule has 1 unspecified atom stereocenters. The second-order valence-electron chi connectivity index (χ2n) is 8.02. The summed E-state index contributed by atoms with van der Waals surface area (Å²) in [5.74, 6) is 0.00367. The lowest BCUT2D eigenvalue weighted by atomic mass is 9.70. The average molecular weight is 425 g/mol. The van der Waals surface area contributed by atoms with Crippen LogP contribution < -0.4 is 5.32 Å². The molecule has 2 atom stereocenters. The summed E-state index contributed by atoms with van der Waals surface area (Å²) in [6.07, 6.45) is 6.44. The van der Waals surface area contributed by atoms with Gasteiger partial charge in [-0.2, -0.15) is 0 Å². The molecule has 0 saturated heterocycles. The van der Waals surface area contributed by atoms with Crippen LogP contribution >= 0.6 is 24.8 Å². The van der Waals surface area contributed by atoms with Gasteiger partial charge in [0.25, 0.3) is 0 Å². The summed E-state index contributed by atoms with van der Waals surface area (Å²) in [5, 5.41) is 25.7. The molecule has 0 aromatic heterocycles. The Morgan fingerprint density at radius 1 is 1.04 bits per heavy atom. The summed E-state index contributed by atoms with van der Waals surface area (Å²) in [6.45, 7) is 2.11. The number of hydrogen-bond acceptors (Lipinski definition) is 3. The molecule has 0 aliphatic heterocycles. The van der Waals surface area contributed by atoms with E-state index in [9.17, 15) is 5.11 Å². The Morgan fingerprint density at radius 2 is 1.68 bits per heavy atom. The van der Waals surface area contributed by atoms with E-state index in [0.29, 0.717) is 12.5 Å². The minimum Gasteiger partial charge on any atom is -0.389 e. The third kappa shape index (κ3) is 5.93. The summed E-state index contributed by atoms with van der Waals surface area (Å²) < 4.78 is 0. The van der Waals surface area contributed by atoms with Crippen LogP contribution in [0.25, 0.3) is 10.8 Å². The van der Waals surface area contributed by atoms with Gasteiger partial charge >= 0.3 is 0 Å². The van der Waals surface area contributed by atoms with Gasteiger partial charge in [-0.25, -0.2) is 0 Å². The molecule has 0 radical (unpaired) electrons. The third-order valence-corrected chi connectivity index (χ3v) is 6.04. The van der Waals surface area contributed by atoms with Crippen molar-refractivity contribution in [2.24, 2.45) is 0 Å². The minimum absolute atomic E-state index is 0. The van der Waals surface area contributed by atoms with Gasteiger partial charge in [-0.1, -0.05) is 61.7 Å². The standard InChI is InChI=1S/C23H32N2O.2ClH/c1-17(25-2)14-21(24)16-22(23(26)12-6-3-7-13-23)20-11-10-18-8-4-5-9-19(18)15-20;;/h4-5,8-11,15,17,22,24-26H,3,6-7,12-14,16H2,1-2H3;2*1H/t17-,22?;;/m0../s1. The van der Waals surface area contributed by atoms with Gasteiger partial charge in [-0.15, -0.1) is 24.8 Å². The van der Waals surface area contributed by atoms with Crippen molar-refractivity contribution in [3.8, 4) is 0 Å². The summed E-state index contributed by atoms with van der Waals surface area (Å²) in [6, 6.07) is 15.2. The fourth-order valence-electron chi connectivity index (χ4n) is 4.36. The Balaban J connectivity index is 0.00000196. The predicted octanol–water partition coefficient (Wildman–Crippen LogP) is 5.87. The number of rotatable bonds is 7. The van der Waals surface area contributed by atoms with Crippen LogP contribution in [0.15, 0.2) is 42.5 Å². The van der Waals surface area contributed by atoms with Gasteiger partial charge in [0.15, 0.2) is 0 Å². The van der Waals surface area contributed by atoms with Crippen LogP contribution in [0.2, 0.25) is 0 Å². The van der Waals surface area contributed by atoms with E-state index in [2.05, 4.69) is 54.7 Å². The first-order chi connectivity index (χ1) is 12.5. The Hall–Kier alpha value is -1.13. The third-order valence-electron chi connectivity index (χ3n) is 6.04. The molecule has 1 aliphatic carbocycles. The maximum Gasteiger partial charge on any atom is 0.0719 e. The molecule has 28 heavy (non-hydrogen) atoms. The fraction of sp³-hybridized carbons (Fsp3) is 0.522. The fourth-order valence-corrected chi connectivity index (χ4v) is 4.36. The lowest BCUT2D eigenvalue weighted by molar-refractivity contribution is -0.0201. The molecule has 156 valence electrons. The smallest absolute Gasteiger partial charge is 0.0719 e. The van der Waals surface area contributed by atoms with Crippen molar-refractivity contribution in [3.05, 3.63) is 48.0 Å². The highest BCUT2D eigenvalue weighted by molar-refractivity contribution is 5.86. The maximum atomic E-state index is 11.5. The molecule has 2 aromatic rings. The van der Waals surface area contributed by atoms with Crippen molar-refractivity contribution in [3.63, 3.8) is 0 Å². The van der Waals surface area contributed by atoms with Crippen molar-refractivity contribution >= 4 is 41.3 Å². The zero-order chi connectivity index (χ0) is 18.6. The first-order valence-corrected chi connectivity index (χ1v) is 9.96. The van der Waals surface area contributed by atoms with Gasteiger partial charge in [0, 0.05) is 24.1 Å². The summed E-state index contributed by atoms with van der Waals surface area (Å²) in [5.41, 5.74) is 1.22. The molecule has 0 bridgehead atoms. The van der Waals surface area contributed by atoms with E-state index >= 15 is 0 Å². The van der Waals surface area contributed by atoms with Crippen LogP contribution in [0.3, 0.4) is 0 Å². The van der Waals surface area contributed by atoms with Crippen molar-refractivity contribution in [1.29, 1.82) is 5.41 Å². The van der Waals surface area contributed by atoms with E-state index in [4.69, 9.17) is 5.41 Å². The highest BCUT2D eigenvalue weighted by Gasteiger charge is 2.39. The zero-order valence-corrected chi connectivity index (χ0v) is 18.5. The van der Waals surface area contributed by atoms with Crippen molar-refractivity contribution in [1.82, 2.24) is 5.32 Å². The average Bonchev–Trinajstić information content (AvgIpc) is 2.66. The van der Waals surface area contributed by atoms with Crippen LogP contribution in [-0.4, -0.2) is 29.5 Å². The van der Waals surface area contributed by atoms with Crippen LogP contribution in [-0.2, 0) is 0 Å². The molecule has 1 fully saturated rings. The molecule has 0 spiro atoms. The largest absolute Gasteiger partial charge is 0.389 e. The van der Waals surface area contributed by atoms with Gasteiger partial charge in [0.05, 0.1) is 5.60 Å². The predicted molar refractivity (Wildman–Crippen MR) is 125 cm³/mol. The number of benzene rings is 2. The molecule has 0 amide bonds. The Labute approximate surface area is 181 Å². The minimum atomic E-state index is -0.685. The topological polar surface area (TPSA) is 56.1 Å². The Bertz CT molecular complexity index is 759. The number of nitrogens with one attached hydrogen (secondary N) is 2. The van der Waals surface area contributed by atoms with Gasteiger partial charge in [0.2, 0.25) is 0 Å². The van der Waals surface area contributed by atoms with Gasteiger partial charge in [0.1, 0.15) is 0 Å². The Kier molecular flexibility index (Phi) is 9.92. The van der Waals surface area contributed by atoms with E-state index in [0.717, 1.165) is 37.8 Å². The highest BCUT2D eigenvalue weighted by Crippen LogP contribution is 2.42. The second kappa shape index (κ2) is 11.2. The first kappa shape index (κ1) is 24.9. The first-order valence-electron chi connectivity index (χ1n) is 9.96. The van der Waals surface area contributed by atoms with Gasteiger partial charge < -0.3 is 15.8 Å². The second-order valence-corrected chi connectivity index (χ2v) is 8.02. The van der Waals surface area contributed by atoms with Crippen molar-refractivity contribution in [2.45, 2.75) is 69.4 Å². The van der Waals surface area contributed by atoms with E-state index in [-0.39, 0.29) is 30.7 Å². The summed E-state index contributed by atoms with van der Waals surface area (Å²) >= 11 is 0. The molecule has 3 N–H and O–H groups in total. The normalized spacial score (nSPS) is 17.8. The number of aliphatic hydroxyl groups is 1. The molecule has 3 nitrogen and oxygen atoms in total. The van der Waals surface area contributed by atoms with Gasteiger partial charge in [-0.3, -0.25) is 0 Å². The van der Waals surface area contributed by atoms with E-state index in [1.807, 2.05) is 7.05 Å². The van der Waals surface area contributed by atoms with Crippen LogP contribution in [0.5, 0.6) is 0 Å². The maximum absolute atomic E-state index is 11.5. The molecule has 5 heteroatoms. The number of fused-ring (bicyclic) bond motifs is 1. The summed E-state index contributed by atoms with van der Waals surface area (Å²) in [7, 11) is 1.94. The quantitative estimate of drug-likeness (QED) is 0.486. The SMILES string of the molecule is CN[C@@H](C)CC(=N)CC(c1ccc2ccccc2c1)C1(O)CCCCC1.Cl.Cl. The van der Waals surface area contributed by atoms with Crippen LogP contribution in [0, 0.1) is 5.41 Å². The number of halogens is 2. The lowest BCUT2D eigenvalue weighted by Gasteiger charge is -2.40. The van der Waals surface area contributed by atoms with E-state index < -0.39 is 5.60 Å². The van der Waals surface area contributed by atoms with Gasteiger partial charge in [-0.05, 0) is 49.6 Å². The number of hydrogen-bond donors (Lipinski definition) is 3. The van der Waals surface area contributed by atoms with Crippen molar-refractivity contribution in [2.75, 3.05) is 7.05 Å². The highest BCUT2D eigenvalue weighted by atomic mass is 35.5. The molecular weight excluding hydrogens is 391 g/mol. The zero-order valence-electron chi connectivity index (χ0n) is 16.9. The van der Waals surface area contributed by atoms with Crippen LogP contribution in [0.4, 0.5) is 0 Å². The lowest BCUT2D eigenvalue weighted by Crippen LogP contribution is -2.40. The summed E-state index contributed by atoms with van der Waals surface area (Å²) in [4.78, 5) is 0. The van der Waals surface area contributed by atoms with E-state index in [1.165, 1.54) is 22.8 Å².